The van der Waals surface area contributed by atoms with Gasteiger partial charge in [-0.3, -0.25) is 0 Å². The third kappa shape index (κ3) is 3.80. The Morgan fingerprint density at radius 1 is 1.32 bits per heavy atom. The number of aliphatic hydroxyl groups is 1. The van der Waals surface area contributed by atoms with E-state index in [1.54, 1.807) is 11.8 Å². The predicted octanol–water partition coefficient (Wildman–Crippen LogP) is 2.33. The Bertz CT molecular complexity index is 850. The van der Waals surface area contributed by atoms with Gasteiger partial charge in [0.25, 0.3) is 0 Å². The maximum Gasteiger partial charge on any atom is 0.190 e. The summed E-state index contributed by atoms with van der Waals surface area (Å²) in [5.74, 6) is 0.235. The molecule has 0 aromatic carbocycles. The summed E-state index contributed by atoms with van der Waals surface area (Å²) < 4.78 is 20.5. The van der Waals surface area contributed by atoms with Crippen molar-refractivity contribution in [1.29, 1.82) is 0 Å². The summed E-state index contributed by atoms with van der Waals surface area (Å²) >= 11 is 5.10. The van der Waals surface area contributed by atoms with Crippen molar-refractivity contribution in [2.75, 3.05) is 19.0 Å². The lowest BCUT2D eigenvalue weighted by Crippen LogP contribution is -2.31. The predicted molar refractivity (Wildman–Crippen MR) is 106 cm³/mol. The molecule has 1 saturated carbocycles. The topological polar surface area (TPSA) is 104 Å². The summed E-state index contributed by atoms with van der Waals surface area (Å²) in [7, 11) is 0. The van der Waals surface area contributed by atoms with Crippen LogP contribution in [0.25, 0.3) is 11.2 Å². The first-order chi connectivity index (χ1) is 13.4. The standard InChI is InChI=1S/C17H24BrN5O4S/c1-4-7-28-16-19-14(18)11-15(20-16)23(22-21-11)9-8-10(25-6-5-24)13-12(9)26-17(2,3)27-13/h9-10,12-13,24H,4-8H2,1-3H3/t9-,10+,12+,13-/m1/s1. The second kappa shape index (κ2) is 8.11. The SMILES string of the molecule is CCCSc1nc(Br)c2nnn([C@@H]3C[C@H](OCCO)[C@H]4OC(C)(C)O[C@H]43)c2n1. The zero-order valence-corrected chi connectivity index (χ0v) is 18.4. The zero-order chi connectivity index (χ0) is 19.9. The fraction of sp³-hybridized carbons (Fsp3) is 0.765. The minimum absolute atomic E-state index is 0.0345. The van der Waals surface area contributed by atoms with Gasteiger partial charge in [-0.15, -0.1) is 5.10 Å². The summed E-state index contributed by atoms with van der Waals surface area (Å²) in [6.07, 6.45) is 1.03. The van der Waals surface area contributed by atoms with Crippen LogP contribution in [-0.4, -0.2) is 73.1 Å². The van der Waals surface area contributed by atoms with Crippen LogP contribution in [0.5, 0.6) is 0 Å². The Kier molecular flexibility index (Phi) is 5.92. The van der Waals surface area contributed by atoms with E-state index >= 15 is 0 Å². The van der Waals surface area contributed by atoms with Gasteiger partial charge in [-0.05, 0) is 36.2 Å². The van der Waals surface area contributed by atoms with Gasteiger partial charge in [0.1, 0.15) is 16.8 Å². The molecule has 2 aromatic rings. The van der Waals surface area contributed by atoms with Gasteiger partial charge < -0.3 is 19.3 Å². The Labute approximate surface area is 175 Å². The second-order valence-corrected chi connectivity index (χ2v) is 9.17. The zero-order valence-electron chi connectivity index (χ0n) is 16.0. The smallest absolute Gasteiger partial charge is 0.190 e. The molecule has 4 atom stereocenters. The van der Waals surface area contributed by atoms with Gasteiger partial charge in [0.15, 0.2) is 22.1 Å². The average Bonchev–Trinajstić information content (AvgIpc) is 3.29. The number of aliphatic hydroxyl groups excluding tert-OH is 1. The molecule has 0 bridgehead atoms. The molecule has 2 fully saturated rings. The van der Waals surface area contributed by atoms with E-state index in [0.717, 1.165) is 12.2 Å². The maximum atomic E-state index is 9.14. The molecular weight excluding hydrogens is 450 g/mol. The van der Waals surface area contributed by atoms with Gasteiger partial charge in [-0.25, -0.2) is 14.6 Å². The van der Waals surface area contributed by atoms with Crippen LogP contribution in [0, 0.1) is 0 Å². The third-order valence-corrected chi connectivity index (χ3v) is 6.42. The molecule has 28 heavy (non-hydrogen) atoms. The molecule has 0 amide bonds. The molecule has 1 aliphatic carbocycles. The molecule has 0 radical (unpaired) electrons. The molecule has 2 aromatic heterocycles. The Hall–Kier alpha value is -0.850. The average molecular weight is 474 g/mol. The van der Waals surface area contributed by atoms with Crippen molar-refractivity contribution in [3.05, 3.63) is 4.60 Å². The first-order valence-electron chi connectivity index (χ1n) is 9.43. The Morgan fingerprint density at radius 3 is 2.86 bits per heavy atom. The maximum absolute atomic E-state index is 9.14. The molecule has 1 N–H and O–H groups in total. The van der Waals surface area contributed by atoms with Crippen molar-refractivity contribution in [3.63, 3.8) is 0 Å². The lowest BCUT2D eigenvalue weighted by molar-refractivity contribution is -0.171. The number of hydrogen-bond acceptors (Lipinski definition) is 9. The number of fused-ring (bicyclic) bond motifs is 2. The first-order valence-corrected chi connectivity index (χ1v) is 11.2. The summed E-state index contributed by atoms with van der Waals surface area (Å²) in [6, 6.07) is -0.133. The van der Waals surface area contributed by atoms with Crippen molar-refractivity contribution in [1.82, 2.24) is 25.0 Å². The van der Waals surface area contributed by atoms with Crippen molar-refractivity contribution >= 4 is 38.9 Å². The number of halogens is 1. The largest absolute Gasteiger partial charge is 0.394 e. The fourth-order valence-electron chi connectivity index (χ4n) is 3.77. The monoisotopic (exact) mass is 473 g/mol. The van der Waals surface area contributed by atoms with E-state index in [-0.39, 0.29) is 37.6 Å². The molecule has 9 nitrogen and oxygen atoms in total. The van der Waals surface area contributed by atoms with E-state index in [4.69, 9.17) is 24.3 Å². The number of hydrogen-bond donors (Lipinski definition) is 1. The van der Waals surface area contributed by atoms with Crippen LogP contribution in [0.15, 0.2) is 9.76 Å². The minimum atomic E-state index is -0.705. The molecule has 11 heteroatoms. The molecule has 3 heterocycles. The number of aromatic nitrogens is 5. The lowest BCUT2D eigenvalue weighted by Gasteiger charge is -2.23. The van der Waals surface area contributed by atoms with Gasteiger partial charge in [0.05, 0.1) is 25.4 Å². The van der Waals surface area contributed by atoms with Gasteiger partial charge >= 0.3 is 0 Å². The third-order valence-electron chi connectivity index (χ3n) is 4.82. The fourth-order valence-corrected chi connectivity index (χ4v) is 5.01. The Balaban J connectivity index is 1.69. The molecular formula is C17H24BrN5O4S. The normalized spacial score (nSPS) is 28.9. The molecule has 4 rings (SSSR count). The summed E-state index contributed by atoms with van der Waals surface area (Å²) in [6.45, 7) is 6.13. The van der Waals surface area contributed by atoms with Crippen molar-refractivity contribution < 1.29 is 19.3 Å². The number of ether oxygens (including phenoxy) is 3. The van der Waals surface area contributed by atoms with Crippen LogP contribution in [0.2, 0.25) is 0 Å². The number of thioether (sulfide) groups is 1. The molecule has 154 valence electrons. The summed E-state index contributed by atoms with van der Waals surface area (Å²) in [5.41, 5.74) is 1.29. The number of rotatable bonds is 7. The molecule has 0 unspecified atom stereocenters. The van der Waals surface area contributed by atoms with Gasteiger partial charge in [0, 0.05) is 12.2 Å². The molecule has 1 saturated heterocycles. The van der Waals surface area contributed by atoms with Gasteiger partial charge in [-0.1, -0.05) is 23.9 Å². The van der Waals surface area contributed by atoms with Gasteiger partial charge in [0.2, 0.25) is 0 Å². The van der Waals surface area contributed by atoms with Crippen molar-refractivity contribution in [2.45, 2.75) is 68.9 Å². The highest BCUT2D eigenvalue weighted by Crippen LogP contribution is 2.45. The van der Waals surface area contributed by atoms with Crippen LogP contribution < -0.4 is 0 Å². The lowest BCUT2D eigenvalue weighted by atomic mass is 10.2. The molecule has 1 aliphatic heterocycles. The van der Waals surface area contributed by atoms with Crippen molar-refractivity contribution in [3.8, 4) is 0 Å². The highest BCUT2D eigenvalue weighted by molar-refractivity contribution is 9.10. The van der Waals surface area contributed by atoms with Crippen LogP contribution in [0.4, 0.5) is 0 Å². The highest BCUT2D eigenvalue weighted by atomic mass is 79.9. The molecule has 2 aliphatic rings. The van der Waals surface area contributed by atoms with Crippen LogP contribution in [0.1, 0.15) is 39.7 Å². The van der Waals surface area contributed by atoms with Gasteiger partial charge in [-0.2, -0.15) is 0 Å². The molecule has 0 spiro atoms. The van der Waals surface area contributed by atoms with Crippen LogP contribution in [0.3, 0.4) is 0 Å². The number of nitrogens with zero attached hydrogens (tertiary/aromatic N) is 5. The summed E-state index contributed by atoms with van der Waals surface area (Å²) in [4.78, 5) is 9.17. The quantitative estimate of drug-likeness (QED) is 0.368. The van der Waals surface area contributed by atoms with E-state index in [2.05, 4.69) is 38.1 Å². The van der Waals surface area contributed by atoms with E-state index in [0.29, 0.717) is 27.3 Å². The van der Waals surface area contributed by atoms with Crippen LogP contribution in [-0.2, 0) is 14.2 Å². The first kappa shape index (κ1) is 20.4. The summed E-state index contributed by atoms with van der Waals surface area (Å²) in [5, 5.41) is 18.5. The minimum Gasteiger partial charge on any atom is -0.394 e. The van der Waals surface area contributed by atoms with Crippen molar-refractivity contribution in [2.24, 2.45) is 0 Å². The highest BCUT2D eigenvalue weighted by Gasteiger charge is 2.56. The van der Waals surface area contributed by atoms with E-state index in [1.165, 1.54) is 0 Å². The van der Waals surface area contributed by atoms with Crippen LogP contribution >= 0.6 is 27.7 Å². The second-order valence-electron chi connectivity index (χ2n) is 7.35. The van der Waals surface area contributed by atoms with E-state index in [9.17, 15) is 0 Å². The van der Waals surface area contributed by atoms with E-state index in [1.807, 2.05) is 18.5 Å². The van der Waals surface area contributed by atoms with E-state index < -0.39 is 5.79 Å². The Morgan fingerprint density at radius 2 is 2.11 bits per heavy atom.